The predicted octanol–water partition coefficient (Wildman–Crippen LogP) is 3.66. The predicted molar refractivity (Wildman–Crippen MR) is 83.5 cm³/mol. The van der Waals surface area contributed by atoms with Crippen LogP contribution in [-0.4, -0.2) is 36.6 Å². The van der Waals surface area contributed by atoms with Crippen LogP contribution in [0.2, 0.25) is 0 Å². The SMILES string of the molecule is CCCCN(C1CC1)C1CC(C(C)C)CCC1NC. The van der Waals surface area contributed by atoms with Gasteiger partial charge < -0.3 is 5.32 Å². The summed E-state index contributed by atoms with van der Waals surface area (Å²) in [6.07, 6.45) is 9.81. The summed E-state index contributed by atoms with van der Waals surface area (Å²) >= 11 is 0. The molecule has 0 saturated heterocycles. The third-order valence-corrected chi connectivity index (χ3v) is 5.38. The molecule has 0 aliphatic heterocycles. The van der Waals surface area contributed by atoms with Gasteiger partial charge in [0.1, 0.15) is 0 Å². The van der Waals surface area contributed by atoms with E-state index in [-0.39, 0.29) is 0 Å². The zero-order valence-corrected chi connectivity index (χ0v) is 13.5. The number of hydrogen-bond acceptors (Lipinski definition) is 2. The quantitative estimate of drug-likeness (QED) is 0.756. The maximum Gasteiger partial charge on any atom is 0.0254 e. The molecule has 0 amide bonds. The first-order valence-corrected chi connectivity index (χ1v) is 8.60. The van der Waals surface area contributed by atoms with Crippen LogP contribution in [0.15, 0.2) is 0 Å². The minimum absolute atomic E-state index is 0.729. The van der Waals surface area contributed by atoms with Crippen LogP contribution in [0.3, 0.4) is 0 Å². The molecule has 3 unspecified atom stereocenters. The molecule has 1 N–H and O–H groups in total. The topological polar surface area (TPSA) is 15.3 Å². The van der Waals surface area contributed by atoms with Gasteiger partial charge in [-0.05, 0) is 64.0 Å². The molecule has 2 nitrogen and oxygen atoms in total. The third-order valence-electron chi connectivity index (χ3n) is 5.38. The Morgan fingerprint density at radius 2 is 1.89 bits per heavy atom. The smallest absolute Gasteiger partial charge is 0.0254 e. The van der Waals surface area contributed by atoms with E-state index in [2.05, 4.69) is 38.0 Å². The summed E-state index contributed by atoms with van der Waals surface area (Å²) < 4.78 is 0. The number of unbranched alkanes of at least 4 members (excludes halogenated alkanes) is 1. The highest BCUT2D eigenvalue weighted by Gasteiger charge is 2.40. The summed E-state index contributed by atoms with van der Waals surface area (Å²) in [6.45, 7) is 8.47. The van der Waals surface area contributed by atoms with E-state index in [1.165, 1.54) is 51.5 Å². The van der Waals surface area contributed by atoms with E-state index in [9.17, 15) is 0 Å². The van der Waals surface area contributed by atoms with E-state index in [4.69, 9.17) is 0 Å². The lowest BCUT2D eigenvalue weighted by molar-refractivity contribution is 0.0781. The number of hydrogen-bond donors (Lipinski definition) is 1. The van der Waals surface area contributed by atoms with Crippen molar-refractivity contribution in [1.82, 2.24) is 10.2 Å². The third kappa shape index (κ3) is 3.95. The van der Waals surface area contributed by atoms with Crippen molar-refractivity contribution in [2.45, 2.75) is 83.8 Å². The van der Waals surface area contributed by atoms with Gasteiger partial charge in [-0.25, -0.2) is 0 Å². The highest BCUT2D eigenvalue weighted by Crippen LogP contribution is 2.37. The molecule has 112 valence electrons. The lowest BCUT2D eigenvalue weighted by Crippen LogP contribution is -2.53. The van der Waals surface area contributed by atoms with Gasteiger partial charge in [0.05, 0.1) is 0 Å². The van der Waals surface area contributed by atoms with E-state index in [1.807, 2.05) is 0 Å². The van der Waals surface area contributed by atoms with Crippen LogP contribution in [-0.2, 0) is 0 Å². The van der Waals surface area contributed by atoms with Gasteiger partial charge in [0.2, 0.25) is 0 Å². The maximum absolute atomic E-state index is 3.61. The van der Waals surface area contributed by atoms with Crippen molar-refractivity contribution in [3.05, 3.63) is 0 Å². The standard InChI is InChI=1S/C17H34N2/c1-5-6-11-19(15-8-9-15)17-12-14(13(2)3)7-10-16(17)18-4/h13-18H,5-12H2,1-4H3. The Hall–Kier alpha value is -0.0800. The molecule has 3 atom stereocenters. The lowest BCUT2D eigenvalue weighted by Gasteiger charge is -2.44. The number of rotatable bonds is 7. The average Bonchev–Trinajstić information content (AvgIpc) is 3.23. The second-order valence-electron chi connectivity index (χ2n) is 7.10. The van der Waals surface area contributed by atoms with E-state index in [0.29, 0.717) is 0 Å². The van der Waals surface area contributed by atoms with Gasteiger partial charge in [0.25, 0.3) is 0 Å². The molecule has 19 heavy (non-hydrogen) atoms. The molecular formula is C17H34N2. The zero-order chi connectivity index (χ0) is 13.8. The Bertz CT molecular complexity index is 260. The Morgan fingerprint density at radius 3 is 2.42 bits per heavy atom. The summed E-state index contributed by atoms with van der Waals surface area (Å²) in [7, 11) is 2.16. The molecule has 2 rings (SSSR count). The molecule has 0 radical (unpaired) electrons. The molecule has 2 heteroatoms. The summed E-state index contributed by atoms with van der Waals surface area (Å²) in [6, 6.07) is 2.44. The van der Waals surface area contributed by atoms with Crippen LogP contribution in [0.25, 0.3) is 0 Å². The molecule has 0 aromatic carbocycles. The largest absolute Gasteiger partial charge is 0.315 e. The highest BCUT2D eigenvalue weighted by atomic mass is 15.2. The molecule has 2 aliphatic carbocycles. The van der Waals surface area contributed by atoms with Crippen LogP contribution in [0.1, 0.15) is 65.7 Å². The molecule has 2 aliphatic rings. The maximum atomic E-state index is 3.61. The Kier molecular flexibility index (Phi) is 5.70. The van der Waals surface area contributed by atoms with Gasteiger partial charge in [-0.3, -0.25) is 4.90 Å². The van der Waals surface area contributed by atoms with Crippen LogP contribution in [0.5, 0.6) is 0 Å². The van der Waals surface area contributed by atoms with Crippen molar-refractivity contribution >= 4 is 0 Å². The summed E-state index contributed by atoms with van der Waals surface area (Å²) in [5.41, 5.74) is 0. The van der Waals surface area contributed by atoms with Gasteiger partial charge in [-0.2, -0.15) is 0 Å². The normalized spacial score (nSPS) is 32.2. The fraction of sp³-hybridized carbons (Fsp3) is 1.00. The summed E-state index contributed by atoms with van der Waals surface area (Å²) in [5.74, 6) is 1.80. The first-order valence-electron chi connectivity index (χ1n) is 8.60. The van der Waals surface area contributed by atoms with Gasteiger partial charge in [0, 0.05) is 18.1 Å². The van der Waals surface area contributed by atoms with E-state index in [1.54, 1.807) is 0 Å². The molecular weight excluding hydrogens is 232 g/mol. The van der Waals surface area contributed by atoms with Crippen molar-refractivity contribution in [3.63, 3.8) is 0 Å². The Morgan fingerprint density at radius 1 is 1.16 bits per heavy atom. The number of likely N-dealkylation sites (N-methyl/N-ethyl adjacent to an activating group) is 1. The van der Waals surface area contributed by atoms with Crippen LogP contribution < -0.4 is 5.32 Å². The average molecular weight is 266 g/mol. The lowest BCUT2D eigenvalue weighted by atomic mass is 9.76. The van der Waals surface area contributed by atoms with Crippen molar-refractivity contribution in [3.8, 4) is 0 Å². The first kappa shape index (κ1) is 15.3. The van der Waals surface area contributed by atoms with Crippen molar-refractivity contribution in [1.29, 1.82) is 0 Å². The van der Waals surface area contributed by atoms with Crippen LogP contribution in [0, 0.1) is 11.8 Å². The Labute approximate surface area is 120 Å². The number of nitrogens with one attached hydrogen (secondary N) is 1. The fourth-order valence-electron chi connectivity index (χ4n) is 3.85. The molecule has 2 fully saturated rings. The van der Waals surface area contributed by atoms with E-state index in [0.717, 1.165) is 30.0 Å². The molecule has 0 spiro atoms. The van der Waals surface area contributed by atoms with Crippen LogP contribution in [0.4, 0.5) is 0 Å². The Balaban J connectivity index is 2.01. The van der Waals surface area contributed by atoms with Crippen LogP contribution >= 0.6 is 0 Å². The zero-order valence-electron chi connectivity index (χ0n) is 13.5. The van der Waals surface area contributed by atoms with Gasteiger partial charge in [-0.15, -0.1) is 0 Å². The monoisotopic (exact) mass is 266 g/mol. The summed E-state index contributed by atoms with van der Waals surface area (Å²) in [5, 5.41) is 3.61. The second-order valence-corrected chi connectivity index (χ2v) is 7.10. The van der Waals surface area contributed by atoms with E-state index < -0.39 is 0 Å². The highest BCUT2D eigenvalue weighted by molar-refractivity contribution is 4.97. The molecule has 0 aromatic rings. The van der Waals surface area contributed by atoms with Crippen molar-refractivity contribution in [2.24, 2.45) is 11.8 Å². The molecule has 0 aromatic heterocycles. The number of nitrogens with zero attached hydrogens (tertiary/aromatic N) is 1. The minimum atomic E-state index is 0.729. The van der Waals surface area contributed by atoms with E-state index >= 15 is 0 Å². The van der Waals surface area contributed by atoms with Crippen molar-refractivity contribution in [2.75, 3.05) is 13.6 Å². The van der Waals surface area contributed by atoms with Gasteiger partial charge in [-0.1, -0.05) is 27.2 Å². The minimum Gasteiger partial charge on any atom is -0.315 e. The summed E-state index contributed by atoms with van der Waals surface area (Å²) in [4.78, 5) is 2.87. The molecule has 2 saturated carbocycles. The van der Waals surface area contributed by atoms with Gasteiger partial charge in [0.15, 0.2) is 0 Å². The fourth-order valence-corrected chi connectivity index (χ4v) is 3.85. The van der Waals surface area contributed by atoms with Gasteiger partial charge >= 0.3 is 0 Å². The second kappa shape index (κ2) is 7.08. The van der Waals surface area contributed by atoms with Crippen molar-refractivity contribution < 1.29 is 0 Å². The molecule has 0 heterocycles. The molecule has 0 bridgehead atoms. The first-order chi connectivity index (χ1) is 9.17.